The van der Waals surface area contributed by atoms with Crippen molar-refractivity contribution in [3.63, 3.8) is 0 Å². The molecule has 0 saturated heterocycles. The summed E-state index contributed by atoms with van der Waals surface area (Å²) in [6, 6.07) is 19.8. The maximum atomic E-state index is 14.5. The molecular weight excluding hydrogens is 461 g/mol. The Bertz CT molecular complexity index is 1230. The average molecular weight is 494 g/mol. The van der Waals surface area contributed by atoms with Crippen molar-refractivity contribution in [1.82, 2.24) is 14.7 Å². The molecule has 7 nitrogen and oxygen atoms in total. The van der Waals surface area contributed by atoms with Crippen LogP contribution >= 0.6 is 0 Å². The van der Waals surface area contributed by atoms with Crippen LogP contribution in [0.15, 0.2) is 77.4 Å². The van der Waals surface area contributed by atoms with E-state index < -0.39 is 11.9 Å². The van der Waals surface area contributed by atoms with Gasteiger partial charge in [-0.05, 0) is 38.1 Å². The number of furan rings is 1. The van der Waals surface area contributed by atoms with Crippen LogP contribution in [0.3, 0.4) is 0 Å². The van der Waals surface area contributed by atoms with Gasteiger partial charge in [0.1, 0.15) is 11.5 Å². The fourth-order valence-electron chi connectivity index (χ4n) is 3.97. The highest BCUT2D eigenvalue weighted by atomic mass is 19.1. The van der Waals surface area contributed by atoms with Crippen molar-refractivity contribution >= 4 is 0 Å². The molecule has 0 spiro atoms. The number of benzene rings is 2. The highest BCUT2D eigenvalue weighted by Gasteiger charge is 2.24. The van der Waals surface area contributed by atoms with Crippen LogP contribution in [0.1, 0.15) is 25.2 Å². The summed E-state index contributed by atoms with van der Waals surface area (Å²) in [6.07, 6.45) is 0.926. The van der Waals surface area contributed by atoms with Crippen LogP contribution in [0.2, 0.25) is 0 Å². The highest BCUT2D eigenvalue weighted by molar-refractivity contribution is 5.65. The Hall–Kier alpha value is -3.46. The number of hydrogen-bond acceptors (Lipinski definition) is 6. The molecule has 0 bridgehead atoms. The Morgan fingerprint density at radius 3 is 2.47 bits per heavy atom. The largest absolute Gasteiger partial charge is 0.468 e. The molecule has 2 aromatic heterocycles. The fourth-order valence-corrected chi connectivity index (χ4v) is 3.97. The lowest BCUT2D eigenvalue weighted by Gasteiger charge is -2.25. The number of aliphatic hydroxyl groups is 1. The molecule has 190 valence electrons. The van der Waals surface area contributed by atoms with Crippen molar-refractivity contribution in [3.05, 3.63) is 90.1 Å². The highest BCUT2D eigenvalue weighted by Crippen LogP contribution is 2.35. The summed E-state index contributed by atoms with van der Waals surface area (Å²) in [4.78, 5) is 2.05. The zero-order valence-corrected chi connectivity index (χ0v) is 20.8. The van der Waals surface area contributed by atoms with Gasteiger partial charge < -0.3 is 19.0 Å². The van der Waals surface area contributed by atoms with Crippen molar-refractivity contribution in [2.24, 2.45) is 7.05 Å². The third-order valence-corrected chi connectivity index (χ3v) is 5.61. The summed E-state index contributed by atoms with van der Waals surface area (Å²) in [5, 5.41) is 15.4. The molecule has 0 aliphatic carbocycles. The predicted molar refractivity (Wildman–Crippen MR) is 135 cm³/mol. The first-order chi connectivity index (χ1) is 17.4. The molecule has 0 saturated carbocycles. The number of aliphatic hydroxyl groups excluding tert-OH is 1. The third-order valence-electron chi connectivity index (χ3n) is 5.61. The van der Waals surface area contributed by atoms with Crippen LogP contribution in [0.5, 0.6) is 11.6 Å². The quantitative estimate of drug-likeness (QED) is 0.285. The Morgan fingerprint density at radius 2 is 1.78 bits per heavy atom. The number of hydrogen-bond donors (Lipinski definition) is 1. The molecule has 8 heteroatoms. The molecule has 0 aliphatic heterocycles. The van der Waals surface area contributed by atoms with Gasteiger partial charge in [-0.2, -0.15) is 5.10 Å². The second-order valence-electron chi connectivity index (χ2n) is 8.94. The van der Waals surface area contributed by atoms with E-state index in [1.807, 2.05) is 61.2 Å². The number of nitrogens with zero attached hydrogens (tertiary/aromatic N) is 3. The van der Waals surface area contributed by atoms with Crippen molar-refractivity contribution in [1.29, 1.82) is 0 Å². The Balaban J connectivity index is 1.70. The standard InChI is InChI=1S/C28H32FN3O4/c1-20(2)35-19-22(33)16-32(17-23-12-9-15-34-23)18-24-27(21-10-5-4-6-11-21)30-31(3)28(24)36-26-14-8-7-13-25(26)29/h4-15,20,22,33H,16-19H2,1-3H3. The van der Waals surface area contributed by atoms with Gasteiger partial charge in [-0.15, -0.1) is 0 Å². The molecule has 0 radical (unpaired) electrons. The van der Waals surface area contributed by atoms with E-state index in [4.69, 9.17) is 19.0 Å². The Kier molecular flexibility index (Phi) is 8.53. The zero-order valence-electron chi connectivity index (χ0n) is 20.8. The fraction of sp³-hybridized carbons (Fsp3) is 0.321. The lowest BCUT2D eigenvalue weighted by Crippen LogP contribution is -2.35. The summed E-state index contributed by atoms with van der Waals surface area (Å²) in [6.45, 7) is 5.23. The predicted octanol–water partition coefficient (Wildman–Crippen LogP) is 5.40. The van der Waals surface area contributed by atoms with Crippen LogP contribution < -0.4 is 4.74 Å². The van der Waals surface area contributed by atoms with Crippen LogP contribution in [-0.4, -0.2) is 45.1 Å². The number of rotatable bonds is 12. The molecule has 1 atom stereocenters. The molecule has 2 aromatic carbocycles. The van der Waals surface area contributed by atoms with E-state index in [-0.39, 0.29) is 18.5 Å². The summed E-state index contributed by atoms with van der Waals surface area (Å²) in [7, 11) is 1.77. The van der Waals surface area contributed by atoms with Gasteiger partial charge in [0, 0.05) is 25.7 Å². The number of aryl methyl sites for hydroxylation is 1. The molecular formula is C28H32FN3O4. The van der Waals surface area contributed by atoms with E-state index in [0.717, 1.165) is 22.6 Å². The monoisotopic (exact) mass is 493 g/mol. The first-order valence-corrected chi connectivity index (χ1v) is 12.0. The van der Waals surface area contributed by atoms with Crippen LogP contribution in [0.4, 0.5) is 4.39 Å². The van der Waals surface area contributed by atoms with E-state index in [1.165, 1.54) is 6.07 Å². The van der Waals surface area contributed by atoms with E-state index in [9.17, 15) is 9.50 Å². The van der Waals surface area contributed by atoms with Crippen molar-refractivity contribution in [3.8, 4) is 22.9 Å². The van der Waals surface area contributed by atoms with Crippen LogP contribution in [-0.2, 0) is 24.9 Å². The smallest absolute Gasteiger partial charge is 0.222 e. The maximum absolute atomic E-state index is 14.5. The van der Waals surface area contributed by atoms with Crippen LogP contribution in [0.25, 0.3) is 11.3 Å². The molecule has 2 heterocycles. The Morgan fingerprint density at radius 1 is 1.03 bits per heavy atom. The van der Waals surface area contributed by atoms with E-state index >= 15 is 0 Å². The van der Waals surface area contributed by atoms with Gasteiger partial charge in [-0.3, -0.25) is 4.90 Å². The SMILES string of the molecule is CC(C)OCC(O)CN(Cc1ccco1)Cc1c(-c2ccccc2)nn(C)c1Oc1ccccc1F. The lowest BCUT2D eigenvalue weighted by molar-refractivity contribution is -0.0114. The second kappa shape index (κ2) is 12.0. The van der Waals surface area contributed by atoms with Gasteiger partial charge in [0.05, 0.1) is 37.2 Å². The summed E-state index contributed by atoms with van der Waals surface area (Å²) >= 11 is 0. The van der Waals surface area contributed by atoms with Crippen molar-refractivity contribution < 1.29 is 23.4 Å². The zero-order chi connectivity index (χ0) is 25.5. The molecule has 4 rings (SSSR count). The number of ether oxygens (including phenoxy) is 2. The molecule has 1 unspecified atom stereocenters. The minimum Gasteiger partial charge on any atom is -0.468 e. The van der Waals surface area contributed by atoms with Crippen LogP contribution in [0, 0.1) is 5.82 Å². The minimum absolute atomic E-state index is 0.0157. The van der Waals surface area contributed by atoms with Gasteiger partial charge >= 0.3 is 0 Å². The summed E-state index contributed by atoms with van der Waals surface area (Å²) < 4.78 is 33.4. The van der Waals surface area contributed by atoms with Gasteiger partial charge in [-0.25, -0.2) is 9.07 Å². The molecule has 0 amide bonds. The minimum atomic E-state index is -0.713. The van der Waals surface area contributed by atoms with Crippen molar-refractivity contribution in [2.45, 2.75) is 39.1 Å². The van der Waals surface area contributed by atoms with Crippen molar-refractivity contribution in [2.75, 3.05) is 13.2 Å². The molecule has 0 aliphatic rings. The number of halogens is 1. The average Bonchev–Trinajstić information content (AvgIpc) is 3.48. The van der Waals surface area contributed by atoms with E-state index in [0.29, 0.717) is 25.5 Å². The molecule has 36 heavy (non-hydrogen) atoms. The van der Waals surface area contributed by atoms with Gasteiger partial charge in [-0.1, -0.05) is 42.5 Å². The van der Waals surface area contributed by atoms with E-state index in [2.05, 4.69) is 0 Å². The van der Waals surface area contributed by atoms with Gasteiger partial charge in [0.25, 0.3) is 0 Å². The first-order valence-electron chi connectivity index (χ1n) is 12.0. The topological polar surface area (TPSA) is 72.9 Å². The molecule has 4 aromatic rings. The molecule has 1 N–H and O–H groups in total. The van der Waals surface area contributed by atoms with Gasteiger partial charge in [0.2, 0.25) is 5.88 Å². The number of aromatic nitrogens is 2. The summed E-state index contributed by atoms with van der Waals surface area (Å²) in [5.74, 6) is 0.842. The third kappa shape index (κ3) is 6.60. The first kappa shape index (κ1) is 25.6. The number of para-hydroxylation sites is 1. The summed E-state index contributed by atoms with van der Waals surface area (Å²) in [5.41, 5.74) is 2.41. The maximum Gasteiger partial charge on any atom is 0.222 e. The van der Waals surface area contributed by atoms with E-state index in [1.54, 1.807) is 36.2 Å². The lowest BCUT2D eigenvalue weighted by atomic mass is 10.1. The second-order valence-corrected chi connectivity index (χ2v) is 8.94. The normalized spacial score (nSPS) is 12.4. The Labute approximate surface area is 210 Å². The van der Waals surface area contributed by atoms with Gasteiger partial charge in [0.15, 0.2) is 11.6 Å². The molecule has 0 fully saturated rings.